The molecule has 7 nitrogen and oxygen atoms in total. The molecule has 30 heavy (non-hydrogen) atoms. The van der Waals surface area contributed by atoms with Gasteiger partial charge < -0.3 is 23.7 Å². The Morgan fingerprint density at radius 1 is 1.07 bits per heavy atom. The Morgan fingerprint density at radius 2 is 1.80 bits per heavy atom. The molecular formula is C23H32N2O5. The number of methoxy groups -OCH3 is 2. The number of rotatable bonds is 11. The Morgan fingerprint density at radius 3 is 2.37 bits per heavy atom. The number of ether oxygens (including phenoxy) is 2. The molecule has 0 aliphatic carbocycles. The van der Waals surface area contributed by atoms with E-state index in [-0.39, 0.29) is 24.3 Å². The predicted octanol–water partition coefficient (Wildman–Crippen LogP) is 3.37. The van der Waals surface area contributed by atoms with Crippen LogP contribution in [0, 0.1) is 5.92 Å². The first-order valence-corrected chi connectivity index (χ1v) is 10.1. The van der Waals surface area contributed by atoms with E-state index in [4.69, 9.17) is 13.9 Å². The predicted molar refractivity (Wildman–Crippen MR) is 114 cm³/mol. The summed E-state index contributed by atoms with van der Waals surface area (Å²) in [6.07, 6.45) is 2.23. The lowest BCUT2D eigenvalue weighted by molar-refractivity contribution is -0.140. The molecule has 0 aliphatic rings. The smallest absolute Gasteiger partial charge is 0.242 e. The normalized spacial score (nSPS) is 10.7. The van der Waals surface area contributed by atoms with Crippen molar-refractivity contribution < 1.29 is 23.5 Å². The van der Waals surface area contributed by atoms with Crippen LogP contribution in [0.25, 0.3) is 0 Å². The van der Waals surface area contributed by atoms with E-state index in [0.29, 0.717) is 43.3 Å². The third kappa shape index (κ3) is 6.83. The monoisotopic (exact) mass is 416 g/mol. The summed E-state index contributed by atoms with van der Waals surface area (Å²) in [5.41, 5.74) is 1.02. The molecule has 2 amide bonds. The minimum atomic E-state index is -0.109. The number of furan rings is 1. The third-order valence-corrected chi connectivity index (χ3v) is 4.75. The van der Waals surface area contributed by atoms with E-state index in [9.17, 15) is 9.59 Å². The highest BCUT2D eigenvalue weighted by Crippen LogP contribution is 2.27. The summed E-state index contributed by atoms with van der Waals surface area (Å²) in [7, 11) is 3.19. The second-order valence-corrected chi connectivity index (χ2v) is 7.63. The van der Waals surface area contributed by atoms with Crippen LogP contribution in [0.1, 0.15) is 32.1 Å². The van der Waals surface area contributed by atoms with E-state index in [0.717, 1.165) is 5.56 Å². The van der Waals surface area contributed by atoms with Crippen molar-refractivity contribution in [2.75, 3.05) is 33.9 Å². The SMILES string of the molecule is COc1ccc(CCN(Cc2ccco2)C(=O)CN(CC(C)C)C(C)=O)cc1OC. The Bertz CT molecular complexity index is 817. The minimum Gasteiger partial charge on any atom is -0.493 e. The van der Waals surface area contributed by atoms with Crippen molar-refractivity contribution in [1.82, 2.24) is 9.80 Å². The minimum absolute atomic E-state index is 0.0557. The first-order valence-electron chi connectivity index (χ1n) is 10.1. The van der Waals surface area contributed by atoms with Gasteiger partial charge in [-0.25, -0.2) is 0 Å². The van der Waals surface area contributed by atoms with E-state index in [1.54, 1.807) is 36.3 Å². The fraction of sp³-hybridized carbons (Fsp3) is 0.478. The maximum atomic E-state index is 13.1. The molecule has 1 aromatic carbocycles. The summed E-state index contributed by atoms with van der Waals surface area (Å²) in [5, 5.41) is 0. The molecule has 0 fully saturated rings. The molecule has 0 unspecified atom stereocenters. The lowest BCUT2D eigenvalue weighted by Crippen LogP contribution is -2.43. The number of carbonyl (C=O) groups excluding carboxylic acids is 2. The van der Waals surface area contributed by atoms with Gasteiger partial charge in [-0.15, -0.1) is 0 Å². The van der Waals surface area contributed by atoms with Crippen molar-refractivity contribution in [2.24, 2.45) is 5.92 Å². The molecular weight excluding hydrogens is 384 g/mol. The van der Waals surface area contributed by atoms with Gasteiger partial charge in [-0.1, -0.05) is 19.9 Å². The summed E-state index contributed by atoms with van der Waals surface area (Å²) in [6, 6.07) is 9.36. The van der Waals surface area contributed by atoms with Crippen LogP contribution >= 0.6 is 0 Å². The quantitative estimate of drug-likeness (QED) is 0.562. The molecule has 0 aliphatic heterocycles. The van der Waals surface area contributed by atoms with Crippen LogP contribution in [-0.4, -0.2) is 55.5 Å². The summed E-state index contributed by atoms with van der Waals surface area (Å²) in [6.45, 7) is 6.99. The molecule has 1 aromatic heterocycles. The zero-order valence-electron chi connectivity index (χ0n) is 18.5. The Hall–Kier alpha value is -2.96. The average Bonchev–Trinajstić information content (AvgIpc) is 3.22. The van der Waals surface area contributed by atoms with Gasteiger partial charge in [0.25, 0.3) is 0 Å². The topological polar surface area (TPSA) is 72.2 Å². The number of hydrogen-bond donors (Lipinski definition) is 0. The lowest BCUT2D eigenvalue weighted by Gasteiger charge is -2.27. The van der Waals surface area contributed by atoms with Crippen molar-refractivity contribution in [1.29, 1.82) is 0 Å². The van der Waals surface area contributed by atoms with Crippen molar-refractivity contribution in [3.8, 4) is 11.5 Å². The van der Waals surface area contributed by atoms with Gasteiger partial charge in [0.1, 0.15) is 5.76 Å². The summed E-state index contributed by atoms with van der Waals surface area (Å²) < 4.78 is 16.1. The highest BCUT2D eigenvalue weighted by Gasteiger charge is 2.21. The number of benzene rings is 1. The summed E-state index contributed by atoms with van der Waals surface area (Å²) in [4.78, 5) is 28.4. The van der Waals surface area contributed by atoms with Crippen LogP contribution in [-0.2, 0) is 22.6 Å². The molecule has 1 heterocycles. The van der Waals surface area contributed by atoms with Gasteiger partial charge in [-0.2, -0.15) is 0 Å². The Balaban J connectivity index is 2.12. The van der Waals surface area contributed by atoms with E-state index < -0.39 is 0 Å². The fourth-order valence-electron chi connectivity index (χ4n) is 3.19. The molecule has 2 aromatic rings. The van der Waals surface area contributed by atoms with E-state index >= 15 is 0 Å². The first-order chi connectivity index (χ1) is 14.3. The molecule has 0 spiro atoms. The zero-order valence-corrected chi connectivity index (χ0v) is 18.5. The van der Waals surface area contributed by atoms with Crippen molar-refractivity contribution in [3.05, 3.63) is 47.9 Å². The number of nitrogens with zero attached hydrogens (tertiary/aromatic N) is 2. The van der Waals surface area contributed by atoms with E-state index in [1.165, 1.54) is 6.92 Å². The first kappa shape index (κ1) is 23.3. The number of carbonyl (C=O) groups is 2. The molecule has 0 bridgehead atoms. The maximum Gasteiger partial charge on any atom is 0.242 e. The molecule has 0 N–H and O–H groups in total. The third-order valence-electron chi connectivity index (χ3n) is 4.75. The van der Waals surface area contributed by atoms with Crippen molar-refractivity contribution in [2.45, 2.75) is 33.7 Å². The van der Waals surface area contributed by atoms with Crippen molar-refractivity contribution >= 4 is 11.8 Å². The average molecular weight is 417 g/mol. The van der Waals surface area contributed by atoms with Gasteiger partial charge in [-0.3, -0.25) is 9.59 Å². The van der Waals surface area contributed by atoms with Crippen LogP contribution in [0.15, 0.2) is 41.0 Å². The van der Waals surface area contributed by atoms with Crippen LogP contribution in [0.3, 0.4) is 0 Å². The lowest BCUT2D eigenvalue weighted by atomic mass is 10.1. The van der Waals surface area contributed by atoms with E-state index in [2.05, 4.69) is 0 Å². The fourth-order valence-corrected chi connectivity index (χ4v) is 3.19. The Labute approximate surface area is 178 Å². The highest BCUT2D eigenvalue weighted by atomic mass is 16.5. The molecule has 2 rings (SSSR count). The van der Waals surface area contributed by atoms with Crippen LogP contribution in [0.5, 0.6) is 11.5 Å². The molecule has 0 saturated carbocycles. The second-order valence-electron chi connectivity index (χ2n) is 7.63. The second kappa shape index (κ2) is 11.3. The molecule has 0 saturated heterocycles. The van der Waals surface area contributed by atoms with Gasteiger partial charge in [0, 0.05) is 20.0 Å². The van der Waals surface area contributed by atoms with Crippen molar-refractivity contribution in [3.63, 3.8) is 0 Å². The van der Waals surface area contributed by atoms with Gasteiger partial charge in [0.05, 0.1) is 33.6 Å². The molecule has 164 valence electrons. The number of hydrogen-bond acceptors (Lipinski definition) is 5. The van der Waals surface area contributed by atoms with Gasteiger partial charge in [-0.05, 0) is 42.2 Å². The highest BCUT2D eigenvalue weighted by molar-refractivity contribution is 5.83. The largest absolute Gasteiger partial charge is 0.493 e. The molecule has 7 heteroatoms. The van der Waals surface area contributed by atoms with E-state index in [1.807, 2.05) is 38.1 Å². The van der Waals surface area contributed by atoms with Gasteiger partial charge in [0.15, 0.2) is 11.5 Å². The standard InChI is InChI=1S/C23H32N2O5/c1-17(2)14-25(18(3)26)16-23(27)24(15-20-7-6-12-30-20)11-10-19-8-9-21(28-4)22(13-19)29-5/h6-9,12-13,17H,10-11,14-16H2,1-5H3. The van der Waals surface area contributed by atoms with Crippen LogP contribution in [0.4, 0.5) is 0 Å². The summed E-state index contributed by atoms with van der Waals surface area (Å²) in [5.74, 6) is 2.09. The van der Waals surface area contributed by atoms with Gasteiger partial charge >= 0.3 is 0 Å². The summed E-state index contributed by atoms with van der Waals surface area (Å²) >= 11 is 0. The van der Waals surface area contributed by atoms with Crippen LogP contribution < -0.4 is 9.47 Å². The number of amides is 2. The van der Waals surface area contributed by atoms with Gasteiger partial charge in [0.2, 0.25) is 11.8 Å². The Kier molecular flexibility index (Phi) is 8.77. The zero-order chi connectivity index (χ0) is 22.1. The maximum absolute atomic E-state index is 13.1. The van der Waals surface area contributed by atoms with Crippen LogP contribution in [0.2, 0.25) is 0 Å². The molecule has 0 radical (unpaired) electrons. The molecule has 0 atom stereocenters.